The molecular formula is C27H29F3N4O2. The molecular weight excluding hydrogens is 469 g/mol. The highest BCUT2D eigenvalue weighted by Crippen LogP contribution is 2.44. The molecule has 1 fully saturated rings. The number of hydrogen-bond donors (Lipinski definition) is 0. The number of ether oxygens (including phenoxy) is 1. The van der Waals surface area contributed by atoms with Gasteiger partial charge in [0, 0.05) is 50.8 Å². The molecule has 0 saturated carbocycles. The smallest absolute Gasteiger partial charge is 0.249 e. The van der Waals surface area contributed by atoms with Crippen molar-refractivity contribution in [2.24, 2.45) is 0 Å². The molecule has 1 aromatic carbocycles. The molecule has 36 heavy (non-hydrogen) atoms. The van der Waals surface area contributed by atoms with Crippen LogP contribution in [0.2, 0.25) is 0 Å². The average molecular weight is 499 g/mol. The van der Waals surface area contributed by atoms with Gasteiger partial charge >= 0.3 is 0 Å². The Morgan fingerprint density at radius 1 is 1.14 bits per heavy atom. The van der Waals surface area contributed by atoms with Crippen molar-refractivity contribution in [3.05, 3.63) is 89.3 Å². The predicted octanol–water partition coefficient (Wildman–Crippen LogP) is 4.26. The lowest BCUT2D eigenvalue weighted by Crippen LogP contribution is -2.43. The van der Waals surface area contributed by atoms with Crippen LogP contribution in [0.5, 0.6) is 0 Å². The van der Waals surface area contributed by atoms with Crippen molar-refractivity contribution in [3.63, 3.8) is 0 Å². The van der Waals surface area contributed by atoms with Gasteiger partial charge in [-0.15, -0.1) is 0 Å². The van der Waals surface area contributed by atoms with Gasteiger partial charge in [-0.2, -0.15) is 4.39 Å². The van der Waals surface area contributed by atoms with Crippen LogP contribution in [0.15, 0.2) is 55.0 Å². The van der Waals surface area contributed by atoms with Crippen molar-refractivity contribution >= 4 is 5.91 Å². The number of piperidine rings is 1. The quantitative estimate of drug-likeness (QED) is 0.457. The number of rotatable bonds is 7. The third-order valence-electron chi connectivity index (χ3n) is 7.37. The van der Waals surface area contributed by atoms with Crippen LogP contribution in [0, 0.1) is 17.6 Å². The van der Waals surface area contributed by atoms with Gasteiger partial charge in [0.25, 0.3) is 0 Å². The van der Waals surface area contributed by atoms with Crippen LogP contribution in [0.3, 0.4) is 0 Å². The zero-order valence-corrected chi connectivity index (χ0v) is 20.2. The Balaban J connectivity index is 1.17. The Morgan fingerprint density at radius 2 is 1.89 bits per heavy atom. The van der Waals surface area contributed by atoms with Crippen molar-refractivity contribution < 1.29 is 22.7 Å². The van der Waals surface area contributed by atoms with Gasteiger partial charge < -0.3 is 19.1 Å². The maximum Gasteiger partial charge on any atom is 0.249 e. The first kappa shape index (κ1) is 24.5. The van der Waals surface area contributed by atoms with Crippen molar-refractivity contribution in [2.75, 3.05) is 33.2 Å². The Labute approximate surface area is 208 Å². The molecule has 1 atom stereocenters. The van der Waals surface area contributed by atoms with Crippen LogP contribution in [-0.2, 0) is 21.7 Å². The van der Waals surface area contributed by atoms with Crippen LogP contribution in [-0.4, -0.2) is 58.5 Å². The van der Waals surface area contributed by atoms with Crippen molar-refractivity contribution in [1.29, 1.82) is 0 Å². The average Bonchev–Trinajstić information content (AvgIpc) is 3.52. The van der Waals surface area contributed by atoms with Crippen LogP contribution in [0.25, 0.3) is 0 Å². The first-order valence-electron chi connectivity index (χ1n) is 12.2. The maximum atomic E-state index is 13.9. The van der Waals surface area contributed by atoms with E-state index in [0.29, 0.717) is 18.7 Å². The predicted molar refractivity (Wildman–Crippen MR) is 128 cm³/mol. The molecule has 0 radical (unpaired) electrons. The molecule has 5 rings (SSSR count). The minimum Gasteiger partial charge on any atom is -0.365 e. The molecule has 1 unspecified atom stereocenters. The first-order valence-corrected chi connectivity index (χ1v) is 12.2. The van der Waals surface area contributed by atoms with E-state index in [2.05, 4.69) is 9.88 Å². The number of fused-ring (bicyclic) bond motifs is 2. The van der Waals surface area contributed by atoms with E-state index >= 15 is 0 Å². The number of carbonyl (C=O) groups is 1. The molecule has 0 bridgehead atoms. The topological polar surface area (TPSA) is 50.6 Å². The fourth-order valence-electron chi connectivity index (χ4n) is 5.34. The SMILES string of the molecule is CN(CCCN1CCC2(CC1)OCc1cnc(F)cc12)C(=O)C(c1ccc(F)c(F)c1)n1cccc1. The second kappa shape index (κ2) is 10.1. The molecule has 9 heteroatoms. The van der Waals surface area contributed by atoms with E-state index in [1.54, 1.807) is 47.2 Å². The second-order valence-corrected chi connectivity index (χ2v) is 9.61. The summed E-state index contributed by atoms with van der Waals surface area (Å²) in [7, 11) is 1.73. The monoisotopic (exact) mass is 498 g/mol. The Morgan fingerprint density at radius 3 is 2.61 bits per heavy atom. The lowest BCUT2D eigenvalue weighted by atomic mass is 9.84. The molecule has 2 aliphatic heterocycles. The summed E-state index contributed by atoms with van der Waals surface area (Å²) in [5.74, 6) is -2.59. The van der Waals surface area contributed by atoms with E-state index in [-0.39, 0.29) is 5.91 Å². The number of likely N-dealkylation sites (N-methyl/N-ethyl adjacent to an activating group) is 1. The van der Waals surface area contributed by atoms with Crippen LogP contribution < -0.4 is 0 Å². The molecule has 0 aliphatic carbocycles. The van der Waals surface area contributed by atoms with Gasteiger partial charge in [-0.05, 0) is 67.3 Å². The highest BCUT2D eigenvalue weighted by Gasteiger charge is 2.43. The van der Waals surface area contributed by atoms with Crippen LogP contribution in [0.1, 0.15) is 42.0 Å². The third-order valence-corrected chi connectivity index (χ3v) is 7.37. The second-order valence-electron chi connectivity index (χ2n) is 9.61. The number of hydrogen-bond acceptors (Lipinski definition) is 4. The van der Waals surface area contributed by atoms with E-state index in [4.69, 9.17) is 4.74 Å². The van der Waals surface area contributed by atoms with Crippen molar-refractivity contribution in [1.82, 2.24) is 19.4 Å². The molecule has 190 valence electrons. The Hall–Kier alpha value is -3.17. The largest absolute Gasteiger partial charge is 0.365 e. The van der Waals surface area contributed by atoms with E-state index in [0.717, 1.165) is 62.2 Å². The molecule has 4 heterocycles. The number of benzene rings is 1. The third kappa shape index (κ3) is 4.77. The molecule has 3 aromatic rings. The summed E-state index contributed by atoms with van der Waals surface area (Å²) in [6.07, 6.45) is 7.38. The number of aromatic nitrogens is 2. The van der Waals surface area contributed by atoms with Gasteiger partial charge in [-0.1, -0.05) is 6.07 Å². The van der Waals surface area contributed by atoms with E-state index in [1.165, 1.54) is 12.1 Å². The van der Waals surface area contributed by atoms with E-state index < -0.39 is 29.2 Å². The molecule has 1 amide bonds. The van der Waals surface area contributed by atoms with Gasteiger partial charge in [0.05, 0.1) is 12.2 Å². The fourth-order valence-corrected chi connectivity index (χ4v) is 5.34. The number of likely N-dealkylation sites (tertiary alicyclic amines) is 1. The van der Waals surface area contributed by atoms with Crippen LogP contribution >= 0.6 is 0 Å². The van der Waals surface area contributed by atoms with Gasteiger partial charge in [-0.25, -0.2) is 13.8 Å². The summed E-state index contributed by atoms with van der Waals surface area (Å²) in [6.45, 7) is 3.45. The maximum absolute atomic E-state index is 13.9. The molecule has 2 aromatic heterocycles. The first-order chi connectivity index (χ1) is 17.4. The zero-order valence-electron chi connectivity index (χ0n) is 20.2. The van der Waals surface area contributed by atoms with Gasteiger partial charge in [0.2, 0.25) is 11.9 Å². The molecule has 2 aliphatic rings. The van der Waals surface area contributed by atoms with E-state index in [1.807, 2.05) is 0 Å². The highest BCUT2D eigenvalue weighted by atomic mass is 19.2. The normalized spacial score (nSPS) is 17.8. The van der Waals surface area contributed by atoms with Crippen molar-refractivity contribution in [2.45, 2.75) is 37.5 Å². The minimum atomic E-state index is -0.976. The zero-order chi connectivity index (χ0) is 25.3. The highest BCUT2D eigenvalue weighted by molar-refractivity contribution is 5.83. The summed E-state index contributed by atoms with van der Waals surface area (Å²) in [5, 5.41) is 0. The number of halogens is 3. The molecule has 1 saturated heterocycles. The summed E-state index contributed by atoms with van der Waals surface area (Å²) < 4.78 is 48.9. The lowest BCUT2D eigenvalue weighted by Gasteiger charge is -2.39. The van der Waals surface area contributed by atoms with Crippen molar-refractivity contribution in [3.8, 4) is 0 Å². The summed E-state index contributed by atoms with van der Waals surface area (Å²) >= 11 is 0. The standard InChI is InChI=1S/C27H29F3N4O2/c1-32(26(35)25(34-11-2-3-12-34)19-5-6-22(28)23(29)15-19)9-4-10-33-13-7-27(8-14-33)21-16-24(30)31-17-20(21)18-36-27/h2-3,5-6,11-12,15-17,25H,4,7-10,13-14,18H2,1H3. The van der Waals surface area contributed by atoms with Crippen LogP contribution in [0.4, 0.5) is 13.2 Å². The number of amides is 1. The van der Waals surface area contributed by atoms with E-state index in [9.17, 15) is 18.0 Å². The minimum absolute atomic E-state index is 0.193. The number of nitrogens with zero attached hydrogens (tertiary/aromatic N) is 4. The molecule has 1 spiro atoms. The summed E-state index contributed by atoms with van der Waals surface area (Å²) in [4.78, 5) is 21.1. The van der Waals surface area contributed by atoms with Gasteiger partial charge in [0.15, 0.2) is 11.6 Å². The van der Waals surface area contributed by atoms with Gasteiger partial charge in [-0.3, -0.25) is 4.79 Å². The number of carbonyl (C=O) groups excluding carboxylic acids is 1. The van der Waals surface area contributed by atoms with Gasteiger partial charge in [0.1, 0.15) is 6.04 Å². The summed E-state index contributed by atoms with van der Waals surface area (Å²) in [5.41, 5.74) is 1.85. The summed E-state index contributed by atoms with van der Waals surface area (Å²) in [6, 6.07) is 7.90. The molecule has 0 N–H and O–H groups in total. The lowest BCUT2D eigenvalue weighted by molar-refractivity contribution is -0.132. The Bertz CT molecular complexity index is 1230. The number of pyridine rings is 1. The fraction of sp³-hybridized carbons (Fsp3) is 0.407. The Kier molecular flexibility index (Phi) is 6.85. The molecule has 6 nitrogen and oxygen atoms in total.